The monoisotopic (exact) mass is 652 g/mol. The van der Waals surface area contributed by atoms with Crippen molar-refractivity contribution in [3.63, 3.8) is 0 Å². The summed E-state index contributed by atoms with van der Waals surface area (Å²) in [6, 6.07) is 12.6. The maximum Gasteiger partial charge on any atom is 0.308 e. The van der Waals surface area contributed by atoms with E-state index >= 15 is 0 Å². The summed E-state index contributed by atoms with van der Waals surface area (Å²) in [6.07, 6.45) is 1.83. The molecule has 1 saturated heterocycles. The molecule has 0 radical (unpaired) electrons. The van der Waals surface area contributed by atoms with Gasteiger partial charge in [-0.2, -0.15) is 5.26 Å². The average molecular weight is 653 g/mol. The normalized spacial score (nSPS) is 23.7. The third-order valence-electron chi connectivity index (χ3n) is 10.5. The molecule has 0 spiro atoms. The van der Waals surface area contributed by atoms with E-state index in [4.69, 9.17) is 18.9 Å². The van der Waals surface area contributed by atoms with Crippen LogP contribution < -0.4 is 24.3 Å². The summed E-state index contributed by atoms with van der Waals surface area (Å²) < 4.78 is 23.6. The van der Waals surface area contributed by atoms with E-state index in [0.717, 1.165) is 33.4 Å². The lowest BCUT2D eigenvalue weighted by molar-refractivity contribution is -0.132. The molecule has 0 aromatic heterocycles. The van der Waals surface area contributed by atoms with Crippen LogP contribution in [0.15, 0.2) is 36.4 Å². The van der Waals surface area contributed by atoms with Gasteiger partial charge in [0, 0.05) is 54.2 Å². The molecule has 1 unspecified atom stereocenters. The van der Waals surface area contributed by atoms with Crippen molar-refractivity contribution in [2.24, 2.45) is 0 Å². The molecule has 5 atom stereocenters. The van der Waals surface area contributed by atoms with Gasteiger partial charge in [0.1, 0.15) is 11.8 Å². The number of piperazine rings is 1. The molecule has 4 aliphatic heterocycles. The second kappa shape index (κ2) is 12.3. The number of nitrogens with zero attached hydrogens (tertiary/aromatic N) is 3. The van der Waals surface area contributed by atoms with Gasteiger partial charge < -0.3 is 29.4 Å². The van der Waals surface area contributed by atoms with E-state index in [2.05, 4.69) is 27.3 Å². The molecule has 48 heavy (non-hydrogen) atoms. The van der Waals surface area contributed by atoms with Gasteiger partial charge in [0.25, 0.3) is 0 Å². The van der Waals surface area contributed by atoms with E-state index in [9.17, 15) is 20.0 Å². The Kier molecular flexibility index (Phi) is 8.17. The SMILES string of the molecule is COc1c(C)cc2c(c1O)[C@@H]1C3Cc4c(OC(C)=O)c(C)c5c(c4[C@H](CNC(=O)CCc4ccccc4)N3[C@@H](C#N)[C@H](C2)N1C)OCO5. The quantitative estimate of drug-likeness (QED) is 0.283. The zero-order chi connectivity index (χ0) is 33.9. The summed E-state index contributed by atoms with van der Waals surface area (Å²) in [7, 11) is 3.55. The van der Waals surface area contributed by atoms with E-state index in [-0.39, 0.29) is 43.1 Å². The number of phenolic OH excluding ortho intramolecular Hbond substituents is 1. The Hall–Kier alpha value is -4.79. The molecule has 3 aromatic rings. The van der Waals surface area contributed by atoms with Crippen LogP contribution in [0, 0.1) is 25.2 Å². The predicted octanol–water partition coefficient (Wildman–Crippen LogP) is 4.19. The number of methoxy groups -OCH3 is 1. The molecule has 1 fully saturated rings. The highest BCUT2D eigenvalue weighted by Crippen LogP contribution is 2.58. The van der Waals surface area contributed by atoms with Gasteiger partial charge in [0.15, 0.2) is 23.0 Å². The van der Waals surface area contributed by atoms with Gasteiger partial charge in [-0.25, -0.2) is 0 Å². The van der Waals surface area contributed by atoms with Gasteiger partial charge in [-0.3, -0.25) is 19.4 Å². The summed E-state index contributed by atoms with van der Waals surface area (Å²) in [6.45, 7) is 5.31. The number of carbonyl (C=O) groups is 2. The van der Waals surface area contributed by atoms with Crippen molar-refractivity contribution in [1.82, 2.24) is 15.1 Å². The number of benzene rings is 3. The van der Waals surface area contributed by atoms with E-state index in [1.165, 1.54) is 6.92 Å². The van der Waals surface area contributed by atoms with Crippen LogP contribution in [0.1, 0.15) is 64.4 Å². The highest BCUT2D eigenvalue weighted by Gasteiger charge is 2.56. The second-order valence-electron chi connectivity index (χ2n) is 13.1. The number of hydrogen-bond donors (Lipinski definition) is 2. The van der Waals surface area contributed by atoms with Crippen LogP contribution in [0.25, 0.3) is 0 Å². The molecular weight excluding hydrogens is 612 g/mol. The van der Waals surface area contributed by atoms with Crippen molar-refractivity contribution < 1.29 is 33.6 Å². The largest absolute Gasteiger partial charge is 0.504 e. The van der Waals surface area contributed by atoms with E-state index in [1.54, 1.807) is 7.11 Å². The van der Waals surface area contributed by atoms with Crippen molar-refractivity contribution in [3.8, 4) is 34.8 Å². The highest BCUT2D eigenvalue weighted by molar-refractivity contribution is 5.77. The second-order valence-corrected chi connectivity index (χ2v) is 13.1. The van der Waals surface area contributed by atoms with Crippen LogP contribution in [0.3, 0.4) is 0 Å². The maximum absolute atomic E-state index is 13.4. The first-order valence-corrected chi connectivity index (χ1v) is 16.4. The van der Waals surface area contributed by atoms with Crippen LogP contribution in [0.2, 0.25) is 0 Å². The standard InChI is InChI=1S/C37H40N4O7/c1-19-13-23-14-25-27(16-38)41-26(32(40(25)4)30(23)33(44)34(19)45-5)15-24-31(37-36(46-18-47-37)20(2)35(24)48-21(3)42)28(41)17-39-29(43)12-11-22-9-7-6-8-10-22/h6-10,13,25-28,32,44H,11-12,14-15,17-18H2,1-5H3,(H,39,43)/t25-,26?,27-,28-,32-/m0/s1. The Morgan fingerprint density at radius 2 is 1.83 bits per heavy atom. The number of aromatic hydroxyl groups is 1. The lowest BCUT2D eigenvalue weighted by Gasteiger charge is -2.60. The molecule has 7 rings (SSSR count). The number of ether oxygens (including phenoxy) is 4. The van der Waals surface area contributed by atoms with Crippen LogP contribution in [-0.4, -0.2) is 72.4 Å². The van der Waals surface area contributed by atoms with Crippen molar-refractivity contribution in [2.45, 2.75) is 76.7 Å². The number of hydrogen-bond acceptors (Lipinski definition) is 10. The number of likely N-dealkylation sites (N-methyl/N-ethyl adjacent to an activating group) is 1. The number of phenols is 1. The molecule has 11 nitrogen and oxygen atoms in total. The number of nitrogens with one attached hydrogen (secondary N) is 1. The molecular formula is C37H40N4O7. The fourth-order valence-corrected chi connectivity index (χ4v) is 8.51. The van der Waals surface area contributed by atoms with Crippen LogP contribution >= 0.6 is 0 Å². The summed E-state index contributed by atoms with van der Waals surface area (Å²) >= 11 is 0. The van der Waals surface area contributed by atoms with Gasteiger partial charge >= 0.3 is 5.97 Å². The Bertz CT molecular complexity index is 1840. The minimum atomic E-state index is -0.565. The smallest absolute Gasteiger partial charge is 0.308 e. The van der Waals surface area contributed by atoms with Crippen LogP contribution in [0.5, 0.6) is 28.7 Å². The van der Waals surface area contributed by atoms with Gasteiger partial charge in [-0.05, 0) is 56.8 Å². The molecule has 3 aromatic carbocycles. The number of aryl methyl sites for hydroxylation is 2. The summed E-state index contributed by atoms with van der Waals surface area (Å²) in [5, 5.41) is 25.7. The summed E-state index contributed by atoms with van der Waals surface area (Å²) in [4.78, 5) is 30.2. The first-order valence-electron chi connectivity index (χ1n) is 16.4. The molecule has 4 aliphatic rings. The van der Waals surface area contributed by atoms with Crippen molar-refractivity contribution in [1.29, 1.82) is 5.26 Å². The molecule has 2 bridgehead atoms. The first-order chi connectivity index (χ1) is 23.1. The number of nitriles is 1. The Labute approximate surface area is 279 Å². The number of carbonyl (C=O) groups excluding carboxylic acids is 2. The molecule has 0 aliphatic carbocycles. The zero-order valence-corrected chi connectivity index (χ0v) is 27.8. The molecule has 1 amide bonds. The lowest BCUT2D eigenvalue weighted by atomic mass is 9.71. The van der Waals surface area contributed by atoms with Crippen molar-refractivity contribution in [2.75, 3.05) is 27.5 Å². The molecule has 250 valence electrons. The van der Waals surface area contributed by atoms with Crippen molar-refractivity contribution >= 4 is 11.9 Å². The molecule has 11 heteroatoms. The van der Waals surface area contributed by atoms with Crippen LogP contribution in [0.4, 0.5) is 0 Å². The fraction of sp³-hybridized carbons (Fsp3) is 0.432. The highest BCUT2D eigenvalue weighted by atomic mass is 16.7. The molecule has 4 heterocycles. The maximum atomic E-state index is 13.4. The first kappa shape index (κ1) is 31.8. The fourth-order valence-electron chi connectivity index (χ4n) is 8.51. The molecule has 0 saturated carbocycles. The molecule has 2 N–H and O–H groups in total. The summed E-state index contributed by atoms with van der Waals surface area (Å²) in [5.41, 5.74) is 5.82. The number of fused-ring (bicyclic) bond motifs is 9. The minimum Gasteiger partial charge on any atom is -0.504 e. The van der Waals surface area contributed by atoms with Crippen molar-refractivity contribution in [3.05, 3.63) is 75.3 Å². The topological polar surface area (TPSA) is 134 Å². The number of rotatable bonds is 7. The zero-order valence-electron chi connectivity index (χ0n) is 27.8. The Morgan fingerprint density at radius 3 is 2.54 bits per heavy atom. The van der Waals surface area contributed by atoms with Gasteiger partial charge in [-0.1, -0.05) is 36.4 Å². The van der Waals surface area contributed by atoms with E-state index in [1.807, 2.05) is 51.2 Å². The van der Waals surface area contributed by atoms with E-state index < -0.39 is 18.1 Å². The van der Waals surface area contributed by atoms with Gasteiger partial charge in [-0.15, -0.1) is 0 Å². The predicted molar refractivity (Wildman–Crippen MR) is 175 cm³/mol. The Balaban J connectivity index is 1.37. The lowest BCUT2D eigenvalue weighted by Crippen LogP contribution is -2.68. The van der Waals surface area contributed by atoms with Gasteiger partial charge in [0.2, 0.25) is 12.7 Å². The Morgan fingerprint density at radius 1 is 1.08 bits per heavy atom. The summed E-state index contributed by atoms with van der Waals surface area (Å²) in [5.74, 6) is 1.38. The average Bonchev–Trinajstić information content (AvgIpc) is 3.56. The van der Waals surface area contributed by atoms with Crippen LogP contribution in [-0.2, 0) is 28.9 Å². The number of esters is 1. The van der Waals surface area contributed by atoms with Gasteiger partial charge in [0.05, 0.1) is 25.3 Å². The van der Waals surface area contributed by atoms with E-state index in [0.29, 0.717) is 54.2 Å². The third kappa shape index (κ3) is 5.02. The number of amides is 1. The minimum absolute atomic E-state index is 0.00177. The third-order valence-corrected chi connectivity index (χ3v) is 10.5.